The third kappa shape index (κ3) is 4.58. The summed E-state index contributed by atoms with van der Waals surface area (Å²) in [4.78, 5) is 1.30. The second-order valence-corrected chi connectivity index (χ2v) is 5.64. The predicted octanol–water partition coefficient (Wildman–Crippen LogP) is 3.92. The summed E-state index contributed by atoms with van der Waals surface area (Å²) in [5.41, 5.74) is 0. The van der Waals surface area contributed by atoms with Gasteiger partial charge >= 0.3 is 0 Å². The molecule has 90 valence electrons. The molecule has 2 rings (SSSR count). The number of furan rings is 1. The number of hydrogen-bond donors (Lipinski definition) is 1. The van der Waals surface area contributed by atoms with Gasteiger partial charge in [-0.2, -0.15) is 0 Å². The Bertz CT molecular complexity index is 427. The average Bonchev–Trinajstić information content (AvgIpc) is 2.84. The van der Waals surface area contributed by atoms with Gasteiger partial charge in [0, 0.05) is 21.7 Å². The van der Waals surface area contributed by atoms with Crippen molar-refractivity contribution in [1.82, 2.24) is 5.32 Å². The molecule has 0 spiro atoms. The van der Waals surface area contributed by atoms with Crippen molar-refractivity contribution in [3.63, 3.8) is 0 Å². The number of thioether (sulfide) groups is 1. The van der Waals surface area contributed by atoms with Crippen LogP contribution in [-0.4, -0.2) is 12.3 Å². The molecule has 0 saturated heterocycles. The van der Waals surface area contributed by atoms with Crippen molar-refractivity contribution in [1.29, 1.82) is 0 Å². The Morgan fingerprint density at radius 2 is 2.00 bits per heavy atom. The van der Waals surface area contributed by atoms with Crippen molar-refractivity contribution in [3.8, 4) is 0 Å². The van der Waals surface area contributed by atoms with Gasteiger partial charge in [0.05, 0.1) is 12.8 Å². The summed E-state index contributed by atoms with van der Waals surface area (Å²) >= 11 is 5.28. The molecule has 1 aromatic carbocycles. The first-order chi connectivity index (χ1) is 8.34. The molecule has 0 fully saturated rings. The van der Waals surface area contributed by atoms with Crippen molar-refractivity contribution in [2.45, 2.75) is 11.4 Å². The van der Waals surface area contributed by atoms with Crippen LogP contribution in [0.1, 0.15) is 5.76 Å². The number of benzene rings is 1. The summed E-state index contributed by atoms with van der Waals surface area (Å²) in [6.07, 6.45) is 1.70. The molecule has 2 nitrogen and oxygen atoms in total. The largest absolute Gasteiger partial charge is 0.468 e. The van der Waals surface area contributed by atoms with Gasteiger partial charge in [-0.3, -0.25) is 0 Å². The molecule has 1 heterocycles. The lowest BCUT2D eigenvalue weighted by Crippen LogP contribution is -2.15. The summed E-state index contributed by atoms with van der Waals surface area (Å²) in [5, 5.41) is 3.35. The van der Waals surface area contributed by atoms with Crippen molar-refractivity contribution >= 4 is 27.7 Å². The smallest absolute Gasteiger partial charge is 0.117 e. The van der Waals surface area contributed by atoms with E-state index < -0.39 is 0 Å². The van der Waals surface area contributed by atoms with Gasteiger partial charge in [-0.15, -0.1) is 11.8 Å². The van der Waals surface area contributed by atoms with Gasteiger partial charge in [-0.25, -0.2) is 0 Å². The summed E-state index contributed by atoms with van der Waals surface area (Å²) in [7, 11) is 0. The predicted molar refractivity (Wildman–Crippen MR) is 75.3 cm³/mol. The molecule has 0 aliphatic heterocycles. The van der Waals surface area contributed by atoms with Gasteiger partial charge in [0.15, 0.2) is 0 Å². The molecule has 0 radical (unpaired) electrons. The highest BCUT2D eigenvalue weighted by molar-refractivity contribution is 9.10. The lowest BCUT2D eigenvalue weighted by molar-refractivity contribution is 0.488. The SMILES string of the molecule is Brc1ccc(SCCNCc2ccco2)cc1. The Hall–Kier alpha value is -0.710. The van der Waals surface area contributed by atoms with E-state index in [0.717, 1.165) is 29.1 Å². The molecule has 0 bridgehead atoms. The van der Waals surface area contributed by atoms with Gasteiger partial charge in [0.2, 0.25) is 0 Å². The van der Waals surface area contributed by atoms with E-state index in [0.29, 0.717) is 0 Å². The number of halogens is 1. The van der Waals surface area contributed by atoms with E-state index in [2.05, 4.69) is 45.5 Å². The molecule has 1 N–H and O–H groups in total. The molecular formula is C13H14BrNOS. The Balaban J connectivity index is 1.61. The number of hydrogen-bond acceptors (Lipinski definition) is 3. The Morgan fingerprint density at radius 3 is 2.71 bits per heavy atom. The number of nitrogens with one attached hydrogen (secondary N) is 1. The van der Waals surface area contributed by atoms with Crippen molar-refractivity contribution < 1.29 is 4.42 Å². The molecule has 17 heavy (non-hydrogen) atoms. The summed E-state index contributed by atoms with van der Waals surface area (Å²) < 4.78 is 6.36. The Labute approximate surface area is 114 Å². The van der Waals surface area contributed by atoms with Crippen molar-refractivity contribution in [3.05, 3.63) is 52.9 Å². The molecule has 4 heteroatoms. The molecule has 0 unspecified atom stereocenters. The minimum atomic E-state index is 0.800. The molecule has 0 saturated carbocycles. The normalized spacial score (nSPS) is 10.6. The standard InChI is InChI=1S/C13H14BrNOS/c14-11-3-5-13(6-4-11)17-9-7-15-10-12-2-1-8-16-12/h1-6,8,15H,7,9-10H2. The minimum absolute atomic E-state index is 0.800. The molecule has 1 aromatic heterocycles. The van der Waals surface area contributed by atoms with Crippen LogP contribution in [-0.2, 0) is 6.54 Å². The van der Waals surface area contributed by atoms with Gasteiger partial charge in [-0.05, 0) is 36.4 Å². The van der Waals surface area contributed by atoms with Gasteiger partial charge in [0.25, 0.3) is 0 Å². The zero-order chi connectivity index (χ0) is 11.9. The zero-order valence-corrected chi connectivity index (χ0v) is 11.8. The van der Waals surface area contributed by atoms with Crippen molar-refractivity contribution in [2.24, 2.45) is 0 Å². The first kappa shape index (κ1) is 12.7. The molecule has 0 aliphatic rings. The average molecular weight is 312 g/mol. The zero-order valence-electron chi connectivity index (χ0n) is 9.36. The van der Waals surface area contributed by atoms with Crippen LogP contribution in [0.4, 0.5) is 0 Å². The Kier molecular flexibility index (Phi) is 5.16. The van der Waals surface area contributed by atoms with E-state index in [-0.39, 0.29) is 0 Å². The van der Waals surface area contributed by atoms with Gasteiger partial charge < -0.3 is 9.73 Å². The van der Waals surface area contributed by atoms with Crippen molar-refractivity contribution in [2.75, 3.05) is 12.3 Å². The molecule has 0 aliphatic carbocycles. The summed E-state index contributed by atoms with van der Waals surface area (Å²) in [5.74, 6) is 2.04. The van der Waals surface area contributed by atoms with Crippen LogP contribution in [0.2, 0.25) is 0 Å². The third-order valence-electron chi connectivity index (χ3n) is 2.24. The maximum Gasteiger partial charge on any atom is 0.117 e. The summed E-state index contributed by atoms with van der Waals surface area (Å²) in [6, 6.07) is 12.3. The van der Waals surface area contributed by atoms with E-state index >= 15 is 0 Å². The molecule has 2 aromatic rings. The second-order valence-electron chi connectivity index (χ2n) is 3.56. The fraction of sp³-hybridized carbons (Fsp3) is 0.231. The minimum Gasteiger partial charge on any atom is -0.468 e. The van der Waals surface area contributed by atoms with Crippen LogP contribution < -0.4 is 5.32 Å². The molecule has 0 amide bonds. The highest BCUT2D eigenvalue weighted by Crippen LogP contribution is 2.19. The van der Waals surface area contributed by atoms with E-state index in [4.69, 9.17) is 4.42 Å². The highest BCUT2D eigenvalue weighted by atomic mass is 79.9. The maximum atomic E-state index is 5.24. The van der Waals surface area contributed by atoms with Gasteiger partial charge in [-0.1, -0.05) is 15.9 Å². The fourth-order valence-electron chi connectivity index (χ4n) is 1.40. The maximum absolute atomic E-state index is 5.24. The molecular weight excluding hydrogens is 298 g/mol. The Morgan fingerprint density at radius 1 is 1.18 bits per heavy atom. The summed E-state index contributed by atoms with van der Waals surface area (Å²) in [6.45, 7) is 1.77. The topological polar surface area (TPSA) is 25.2 Å². The fourth-order valence-corrected chi connectivity index (χ4v) is 2.47. The molecule has 0 atom stereocenters. The number of rotatable bonds is 6. The first-order valence-electron chi connectivity index (χ1n) is 5.46. The second kappa shape index (κ2) is 6.89. The quantitative estimate of drug-likeness (QED) is 0.646. The van der Waals surface area contributed by atoms with Crippen LogP contribution in [0.5, 0.6) is 0 Å². The van der Waals surface area contributed by atoms with E-state index in [1.54, 1.807) is 6.26 Å². The van der Waals surface area contributed by atoms with E-state index in [9.17, 15) is 0 Å². The van der Waals surface area contributed by atoms with Crippen LogP contribution in [0, 0.1) is 0 Å². The van der Waals surface area contributed by atoms with Crippen LogP contribution >= 0.6 is 27.7 Å². The van der Waals surface area contributed by atoms with E-state index in [1.807, 2.05) is 23.9 Å². The van der Waals surface area contributed by atoms with Crippen LogP contribution in [0.25, 0.3) is 0 Å². The van der Waals surface area contributed by atoms with Gasteiger partial charge in [0.1, 0.15) is 5.76 Å². The van der Waals surface area contributed by atoms with Crippen LogP contribution in [0.15, 0.2) is 56.4 Å². The van der Waals surface area contributed by atoms with Crippen LogP contribution in [0.3, 0.4) is 0 Å². The lowest BCUT2D eigenvalue weighted by Gasteiger charge is -2.03. The lowest BCUT2D eigenvalue weighted by atomic mass is 10.4. The third-order valence-corrected chi connectivity index (χ3v) is 3.78. The van der Waals surface area contributed by atoms with E-state index in [1.165, 1.54) is 4.90 Å². The monoisotopic (exact) mass is 311 g/mol. The highest BCUT2D eigenvalue weighted by Gasteiger charge is 1.96. The first-order valence-corrected chi connectivity index (χ1v) is 7.24.